The number of benzene rings is 4. The Morgan fingerprint density at radius 1 is 0.667 bits per heavy atom. The van der Waals surface area contributed by atoms with Crippen molar-refractivity contribution in [3.05, 3.63) is 114 Å². The summed E-state index contributed by atoms with van der Waals surface area (Å²) in [5.74, 6) is 0.0476. The maximum absolute atomic E-state index is 12.9. The van der Waals surface area contributed by atoms with E-state index in [4.69, 9.17) is 0 Å². The Kier molecular flexibility index (Phi) is 4.97. The maximum atomic E-state index is 12.9. The highest BCUT2D eigenvalue weighted by Gasteiger charge is 2.18. The molecule has 4 rings (SSSR count). The molecule has 4 aromatic carbocycles. The Labute approximate surface area is 159 Å². The normalized spacial score (nSPS) is 10.9. The molecule has 0 spiro atoms. The second-order valence-corrected chi connectivity index (χ2v) is 6.65. The van der Waals surface area contributed by atoms with Gasteiger partial charge in [0.15, 0.2) is 0 Å². The topological polar surface area (TPSA) is 29.1 Å². The van der Waals surface area contributed by atoms with Crippen LogP contribution >= 0.6 is 0 Å². The lowest BCUT2D eigenvalue weighted by molar-refractivity contribution is -0.116. The summed E-state index contributed by atoms with van der Waals surface area (Å²) in [5, 5.41) is 5.30. The van der Waals surface area contributed by atoms with Gasteiger partial charge in [-0.05, 0) is 22.6 Å². The second-order valence-electron chi connectivity index (χ2n) is 6.65. The number of carbonyl (C=O) groups excluding carboxylic acids is 1. The van der Waals surface area contributed by atoms with Crippen molar-refractivity contribution >= 4 is 22.4 Å². The predicted octanol–water partition coefficient (Wildman–Crippen LogP) is 6.00. The summed E-state index contributed by atoms with van der Waals surface area (Å²) in [7, 11) is 0. The van der Waals surface area contributed by atoms with E-state index in [1.165, 1.54) is 0 Å². The molecule has 132 valence electrons. The first-order chi connectivity index (χ1) is 13.3. The van der Waals surface area contributed by atoms with Crippen LogP contribution in [0.5, 0.6) is 0 Å². The molecule has 0 saturated carbocycles. The smallest absolute Gasteiger partial charge is 0.225 e. The van der Waals surface area contributed by atoms with Crippen LogP contribution in [-0.4, -0.2) is 5.91 Å². The van der Waals surface area contributed by atoms with Gasteiger partial charge in [-0.3, -0.25) is 4.79 Å². The summed E-state index contributed by atoms with van der Waals surface area (Å²) in [5.41, 5.74) is 3.16. The van der Waals surface area contributed by atoms with Crippen molar-refractivity contribution in [1.82, 2.24) is 0 Å². The molecular formula is C25H21NO. The zero-order valence-electron chi connectivity index (χ0n) is 15.0. The number of hydrogen-bond donors (Lipinski definition) is 1. The van der Waals surface area contributed by atoms with Gasteiger partial charge in [0.1, 0.15) is 0 Å². The Hall–Kier alpha value is -3.39. The lowest BCUT2D eigenvalue weighted by atomic mass is 9.88. The fraction of sp³-hybridized carbons (Fsp3) is 0.0800. The molecule has 0 bridgehead atoms. The van der Waals surface area contributed by atoms with Crippen LogP contribution in [0.1, 0.15) is 23.5 Å². The lowest BCUT2D eigenvalue weighted by Crippen LogP contribution is -2.16. The van der Waals surface area contributed by atoms with E-state index in [1.54, 1.807) is 0 Å². The fourth-order valence-corrected chi connectivity index (χ4v) is 3.52. The van der Waals surface area contributed by atoms with Crippen molar-refractivity contribution in [2.24, 2.45) is 0 Å². The standard InChI is InChI=1S/C25H21NO/c27-25(26-24-17-9-15-19-14-7-8-16-22(19)24)18-23(20-10-3-1-4-11-20)21-12-5-2-6-13-21/h1-17,23H,18H2,(H,26,27). The van der Waals surface area contributed by atoms with Gasteiger partial charge in [-0.15, -0.1) is 0 Å². The largest absolute Gasteiger partial charge is 0.325 e. The van der Waals surface area contributed by atoms with E-state index < -0.39 is 0 Å². The molecule has 0 saturated heterocycles. The molecule has 0 aliphatic rings. The SMILES string of the molecule is O=C(CC(c1ccccc1)c1ccccc1)Nc1cccc2ccccc12. The molecule has 4 aromatic rings. The molecule has 0 radical (unpaired) electrons. The lowest BCUT2D eigenvalue weighted by Gasteiger charge is -2.18. The minimum absolute atomic E-state index is 0.0176. The third kappa shape index (κ3) is 3.90. The van der Waals surface area contributed by atoms with Crippen molar-refractivity contribution in [1.29, 1.82) is 0 Å². The summed E-state index contributed by atoms with van der Waals surface area (Å²) in [4.78, 5) is 12.9. The van der Waals surface area contributed by atoms with Crippen LogP contribution in [0.2, 0.25) is 0 Å². The number of rotatable bonds is 5. The molecule has 0 unspecified atom stereocenters. The first-order valence-electron chi connectivity index (χ1n) is 9.19. The van der Waals surface area contributed by atoms with Gasteiger partial charge in [-0.1, -0.05) is 97.1 Å². The summed E-state index contributed by atoms with van der Waals surface area (Å²) < 4.78 is 0. The zero-order valence-corrected chi connectivity index (χ0v) is 15.0. The molecule has 1 N–H and O–H groups in total. The Morgan fingerprint density at radius 2 is 1.22 bits per heavy atom. The molecular weight excluding hydrogens is 330 g/mol. The Morgan fingerprint density at radius 3 is 1.89 bits per heavy atom. The molecule has 1 amide bonds. The number of fused-ring (bicyclic) bond motifs is 1. The molecule has 0 aliphatic heterocycles. The van der Waals surface area contributed by atoms with E-state index in [0.29, 0.717) is 6.42 Å². The third-order valence-corrected chi connectivity index (χ3v) is 4.86. The highest BCUT2D eigenvalue weighted by Crippen LogP contribution is 2.29. The van der Waals surface area contributed by atoms with Crippen LogP contribution in [0, 0.1) is 0 Å². The van der Waals surface area contributed by atoms with E-state index in [1.807, 2.05) is 66.7 Å². The summed E-state index contributed by atoms with van der Waals surface area (Å²) in [6.45, 7) is 0. The van der Waals surface area contributed by atoms with E-state index in [9.17, 15) is 4.79 Å². The highest BCUT2D eigenvalue weighted by atomic mass is 16.1. The molecule has 0 atom stereocenters. The van der Waals surface area contributed by atoms with Crippen LogP contribution in [0.4, 0.5) is 5.69 Å². The molecule has 0 aromatic heterocycles. The number of nitrogens with one attached hydrogen (secondary N) is 1. The van der Waals surface area contributed by atoms with E-state index in [0.717, 1.165) is 27.6 Å². The summed E-state index contributed by atoms with van der Waals surface area (Å²) in [6, 6.07) is 34.5. The quantitative estimate of drug-likeness (QED) is 0.469. The van der Waals surface area contributed by atoms with Crippen molar-refractivity contribution in [3.8, 4) is 0 Å². The van der Waals surface area contributed by atoms with E-state index >= 15 is 0 Å². The van der Waals surface area contributed by atoms with Crippen molar-refractivity contribution in [2.75, 3.05) is 5.32 Å². The number of amides is 1. The minimum atomic E-state index is 0.0176. The van der Waals surface area contributed by atoms with Gasteiger partial charge < -0.3 is 5.32 Å². The minimum Gasteiger partial charge on any atom is -0.325 e. The van der Waals surface area contributed by atoms with Gasteiger partial charge >= 0.3 is 0 Å². The first-order valence-corrected chi connectivity index (χ1v) is 9.19. The Bertz CT molecular complexity index is 997. The van der Waals surface area contributed by atoms with E-state index in [2.05, 4.69) is 41.7 Å². The summed E-state index contributed by atoms with van der Waals surface area (Å²) >= 11 is 0. The molecule has 0 heterocycles. The monoisotopic (exact) mass is 351 g/mol. The van der Waals surface area contributed by atoms with Crippen LogP contribution < -0.4 is 5.32 Å². The van der Waals surface area contributed by atoms with Crippen LogP contribution in [-0.2, 0) is 4.79 Å². The van der Waals surface area contributed by atoms with Gasteiger partial charge in [0.25, 0.3) is 0 Å². The number of hydrogen-bond acceptors (Lipinski definition) is 1. The maximum Gasteiger partial charge on any atom is 0.225 e. The first kappa shape index (κ1) is 17.0. The van der Waals surface area contributed by atoms with Crippen LogP contribution in [0.25, 0.3) is 10.8 Å². The van der Waals surface area contributed by atoms with Gasteiger partial charge in [0.05, 0.1) is 0 Å². The molecule has 27 heavy (non-hydrogen) atoms. The second kappa shape index (κ2) is 7.88. The predicted molar refractivity (Wildman–Crippen MR) is 112 cm³/mol. The van der Waals surface area contributed by atoms with Crippen LogP contribution in [0.3, 0.4) is 0 Å². The number of carbonyl (C=O) groups is 1. The highest BCUT2D eigenvalue weighted by molar-refractivity contribution is 6.02. The van der Waals surface area contributed by atoms with Crippen molar-refractivity contribution in [2.45, 2.75) is 12.3 Å². The Balaban J connectivity index is 1.60. The average Bonchev–Trinajstić information content (AvgIpc) is 2.73. The van der Waals surface area contributed by atoms with Crippen molar-refractivity contribution in [3.63, 3.8) is 0 Å². The zero-order chi connectivity index (χ0) is 18.5. The van der Waals surface area contributed by atoms with Crippen molar-refractivity contribution < 1.29 is 4.79 Å². The molecule has 2 heteroatoms. The molecule has 0 aliphatic carbocycles. The van der Waals surface area contributed by atoms with Gasteiger partial charge in [0, 0.05) is 23.4 Å². The third-order valence-electron chi connectivity index (χ3n) is 4.86. The number of anilines is 1. The summed E-state index contributed by atoms with van der Waals surface area (Å²) in [6.07, 6.45) is 0.400. The fourth-order valence-electron chi connectivity index (χ4n) is 3.52. The van der Waals surface area contributed by atoms with Gasteiger partial charge in [-0.2, -0.15) is 0 Å². The van der Waals surface area contributed by atoms with Gasteiger partial charge in [0.2, 0.25) is 5.91 Å². The van der Waals surface area contributed by atoms with Crippen LogP contribution in [0.15, 0.2) is 103 Å². The van der Waals surface area contributed by atoms with Gasteiger partial charge in [-0.25, -0.2) is 0 Å². The average molecular weight is 351 g/mol. The molecule has 0 fully saturated rings. The molecule has 2 nitrogen and oxygen atoms in total. The van der Waals surface area contributed by atoms with E-state index in [-0.39, 0.29) is 11.8 Å².